The molecular formula is C19H18ClN3O2S. The largest absolute Gasteiger partial charge is 0.497 e. The zero-order valence-electron chi connectivity index (χ0n) is 14.2. The summed E-state index contributed by atoms with van der Waals surface area (Å²) in [4.78, 5) is 12.1. The highest BCUT2D eigenvalue weighted by atomic mass is 35.5. The summed E-state index contributed by atoms with van der Waals surface area (Å²) in [7, 11) is 1.65. The molecule has 1 aromatic heterocycles. The molecule has 5 nitrogen and oxygen atoms in total. The number of anilines is 1. The van der Waals surface area contributed by atoms with Crippen LogP contribution in [-0.2, 0) is 24.1 Å². The third kappa shape index (κ3) is 5.28. The highest BCUT2D eigenvalue weighted by Gasteiger charge is 2.09. The fraction of sp³-hybridized carbons (Fsp3) is 0.211. The van der Waals surface area contributed by atoms with Gasteiger partial charge in [-0.15, -0.1) is 10.2 Å². The van der Waals surface area contributed by atoms with Gasteiger partial charge < -0.3 is 10.1 Å². The molecule has 0 fully saturated rings. The first-order chi connectivity index (χ1) is 12.6. The quantitative estimate of drug-likeness (QED) is 0.661. The van der Waals surface area contributed by atoms with Crippen molar-refractivity contribution in [1.29, 1.82) is 0 Å². The SMILES string of the molecule is COc1ccc(CCc2nnc(NC(=O)Cc3ccc(Cl)cc3)s2)cc1. The fourth-order valence-corrected chi connectivity index (χ4v) is 3.28. The standard InChI is InChI=1S/C19H18ClN3O2S/c1-25-16-9-4-13(5-10-16)6-11-18-22-23-19(26-18)21-17(24)12-14-2-7-15(20)8-3-14/h2-5,7-10H,6,11-12H2,1H3,(H,21,23,24). The summed E-state index contributed by atoms with van der Waals surface area (Å²) >= 11 is 7.25. The molecule has 134 valence electrons. The van der Waals surface area contributed by atoms with E-state index in [-0.39, 0.29) is 12.3 Å². The molecule has 0 aliphatic rings. The van der Waals surface area contributed by atoms with Gasteiger partial charge in [0, 0.05) is 11.4 Å². The molecule has 2 aromatic carbocycles. The Morgan fingerprint density at radius 2 is 1.73 bits per heavy atom. The maximum absolute atomic E-state index is 12.1. The van der Waals surface area contributed by atoms with Crippen LogP contribution in [0.4, 0.5) is 5.13 Å². The number of carbonyl (C=O) groups excluding carboxylic acids is 1. The average Bonchev–Trinajstić information content (AvgIpc) is 3.09. The number of rotatable bonds is 7. The number of hydrogen-bond donors (Lipinski definition) is 1. The molecule has 1 N–H and O–H groups in total. The van der Waals surface area contributed by atoms with Crippen molar-refractivity contribution in [3.05, 3.63) is 69.7 Å². The number of hydrogen-bond acceptors (Lipinski definition) is 5. The Balaban J connectivity index is 1.50. The minimum Gasteiger partial charge on any atom is -0.497 e. The maximum atomic E-state index is 12.1. The van der Waals surface area contributed by atoms with Gasteiger partial charge in [0.25, 0.3) is 0 Å². The number of aromatic nitrogens is 2. The Morgan fingerprint density at radius 1 is 1.04 bits per heavy atom. The number of benzene rings is 2. The molecule has 0 aliphatic heterocycles. The van der Waals surface area contributed by atoms with E-state index in [0.717, 1.165) is 29.2 Å². The monoisotopic (exact) mass is 387 g/mol. The first-order valence-corrected chi connectivity index (χ1v) is 9.31. The molecule has 0 saturated heterocycles. The van der Waals surface area contributed by atoms with Crippen LogP contribution in [0.5, 0.6) is 5.75 Å². The number of aryl methyl sites for hydroxylation is 2. The van der Waals surface area contributed by atoms with E-state index in [9.17, 15) is 4.79 Å². The van der Waals surface area contributed by atoms with Crippen molar-refractivity contribution >= 4 is 34.0 Å². The lowest BCUT2D eigenvalue weighted by Crippen LogP contribution is -2.14. The second-order valence-electron chi connectivity index (χ2n) is 5.70. The predicted octanol–water partition coefficient (Wildman–Crippen LogP) is 4.17. The lowest BCUT2D eigenvalue weighted by molar-refractivity contribution is -0.115. The minimum absolute atomic E-state index is 0.120. The van der Waals surface area contributed by atoms with Crippen LogP contribution in [0, 0.1) is 0 Å². The zero-order valence-corrected chi connectivity index (χ0v) is 15.8. The van der Waals surface area contributed by atoms with Gasteiger partial charge in [-0.05, 0) is 41.8 Å². The molecule has 0 unspecified atom stereocenters. The van der Waals surface area contributed by atoms with Crippen LogP contribution in [0.3, 0.4) is 0 Å². The van der Waals surface area contributed by atoms with E-state index in [0.29, 0.717) is 10.2 Å². The van der Waals surface area contributed by atoms with Crippen molar-refractivity contribution in [2.75, 3.05) is 12.4 Å². The molecule has 0 spiro atoms. The van der Waals surface area contributed by atoms with Gasteiger partial charge in [-0.25, -0.2) is 0 Å². The third-order valence-corrected chi connectivity index (χ3v) is 4.93. The minimum atomic E-state index is -0.120. The maximum Gasteiger partial charge on any atom is 0.230 e. The molecule has 3 aromatic rings. The Hall–Kier alpha value is -2.44. The number of halogens is 1. The lowest BCUT2D eigenvalue weighted by atomic mass is 10.1. The number of ether oxygens (including phenoxy) is 1. The van der Waals surface area contributed by atoms with Gasteiger partial charge in [0.15, 0.2) is 0 Å². The lowest BCUT2D eigenvalue weighted by Gasteiger charge is -2.02. The molecular weight excluding hydrogens is 370 g/mol. The molecule has 7 heteroatoms. The van der Waals surface area contributed by atoms with Crippen LogP contribution in [0.2, 0.25) is 5.02 Å². The normalized spacial score (nSPS) is 10.5. The summed E-state index contributed by atoms with van der Waals surface area (Å²) < 4.78 is 5.15. The van der Waals surface area contributed by atoms with E-state index in [1.807, 2.05) is 36.4 Å². The summed E-state index contributed by atoms with van der Waals surface area (Å²) in [5.41, 5.74) is 2.10. The fourth-order valence-electron chi connectivity index (χ4n) is 2.40. The molecule has 1 amide bonds. The Bertz CT molecular complexity index is 863. The Morgan fingerprint density at radius 3 is 2.42 bits per heavy atom. The molecule has 0 aliphatic carbocycles. The van der Waals surface area contributed by atoms with Gasteiger partial charge >= 0.3 is 0 Å². The smallest absolute Gasteiger partial charge is 0.230 e. The highest BCUT2D eigenvalue weighted by molar-refractivity contribution is 7.15. The summed E-state index contributed by atoms with van der Waals surface area (Å²) in [5.74, 6) is 0.723. The van der Waals surface area contributed by atoms with E-state index >= 15 is 0 Å². The van der Waals surface area contributed by atoms with Gasteiger partial charge in [-0.3, -0.25) is 4.79 Å². The first kappa shape index (κ1) is 18.4. The molecule has 1 heterocycles. The van der Waals surface area contributed by atoms with E-state index < -0.39 is 0 Å². The van der Waals surface area contributed by atoms with E-state index in [1.54, 1.807) is 19.2 Å². The van der Waals surface area contributed by atoms with Gasteiger partial charge in [0.05, 0.1) is 13.5 Å². The topological polar surface area (TPSA) is 64.1 Å². The number of nitrogens with one attached hydrogen (secondary N) is 1. The Kier molecular flexibility index (Phi) is 6.20. The van der Waals surface area contributed by atoms with Crippen molar-refractivity contribution in [1.82, 2.24) is 10.2 Å². The van der Waals surface area contributed by atoms with E-state index in [4.69, 9.17) is 16.3 Å². The Labute approximate surface area is 161 Å². The van der Waals surface area contributed by atoms with E-state index in [1.165, 1.54) is 16.9 Å². The molecule has 0 saturated carbocycles. The summed E-state index contributed by atoms with van der Waals surface area (Å²) in [6.07, 6.45) is 1.91. The second kappa shape index (κ2) is 8.78. The molecule has 0 atom stereocenters. The van der Waals surface area contributed by atoms with Crippen LogP contribution in [0.25, 0.3) is 0 Å². The number of carbonyl (C=O) groups is 1. The van der Waals surface area contributed by atoms with Crippen molar-refractivity contribution in [2.45, 2.75) is 19.3 Å². The molecule has 0 bridgehead atoms. The number of amides is 1. The van der Waals surface area contributed by atoms with Crippen molar-refractivity contribution in [2.24, 2.45) is 0 Å². The predicted molar refractivity (Wildman–Crippen MR) is 104 cm³/mol. The molecule has 3 rings (SSSR count). The summed E-state index contributed by atoms with van der Waals surface area (Å²) in [6, 6.07) is 15.2. The van der Waals surface area contributed by atoms with E-state index in [2.05, 4.69) is 15.5 Å². The van der Waals surface area contributed by atoms with Crippen molar-refractivity contribution < 1.29 is 9.53 Å². The third-order valence-electron chi connectivity index (χ3n) is 3.78. The van der Waals surface area contributed by atoms with Crippen LogP contribution in [-0.4, -0.2) is 23.2 Å². The number of methoxy groups -OCH3 is 1. The van der Waals surface area contributed by atoms with Crippen molar-refractivity contribution in [3.63, 3.8) is 0 Å². The average molecular weight is 388 g/mol. The van der Waals surface area contributed by atoms with Crippen LogP contribution >= 0.6 is 22.9 Å². The number of nitrogens with zero attached hydrogens (tertiary/aromatic N) is 2. The van der Waals surface area contributed by atoms with Gasteiger partial charge in [0.2, 0.25) is 11.0 Å². The molecule has 26 heavy (non-hydrogen) atoms. The summed E-state index contributed by atoms with van der Waals surface area (Å²) in [5, 5.41) is 13.1. The van der Waals surface area contributed by atoms with Gasteiger partial charge in [-0.1, -0.05) is 47.2 Å². The highest BCUT2D eigenvalue weighted by Crippen LogP contribution is 2.19. The summed E-state index contributed by atoms with van der Waals surface area (Å²) in [6.45, 7) is 0. The second-order valence-corrected chi connectivity index (χ2v) is 7.20. The van der Waals surface area contributed by atoms with Crippen molar-refractivity contribution in [3.8, 4) is 5.75 Å². The van der Waals surface area contributed by atoms with Crippen LogP contribution < -0.4 is 10.1 Å². The first-order valence-electron chi connectivity index (χ1n) is 8.12. The zero-order chi connectivity index (χ0) is 18.4. The van der Waals surface area contributed by atoms with Gasteiger partial charge in [-0.2, -0.15) is 0 Å². The van der Waals surface area contributed by atoms with Crippen LogP contribution in [0.1, 0.15) is 16.1 Å². The molecule has 0 radical (unpaired) electrons. The van der Waals surface area contributed by atoms with Crippen LogP contribution in [0.15, 0.2) is 48.5 Å². The van der Waals surface area contributed by atoms with Gasteiger partial charge in [0.1, 0.15) is 10.8 Å².